The van der Waals surface area contributed by atoms with E-state index in [0.29, 0.717) is 36.2 Å². The van der Waals surface area contributed by atoms with Crippen molar-refractivity contribution in [3.63, 3.8) is 0 Å². The predicted octanol–water partition coefficient (Wildman–Crippen LogP) is 3.16. The number of rotatable bonds is 11. The van der Waals surface area contributed by atoms with Crippen molar-refractivity contribution in [1.29, 1.82) is 0 Å². The largest absolute Gasteiger partial charge is 0.492 e. The lowest BCUT2D eigenvalue weighted by atomic mass is 10.1. The van der Waals surface area contributed by atoms with Crippen molar-refractivity contribution in [3.8, 4) is 5.75 Å². The van der Waals surface area contributed by atoms with Crippen LogP contribution in [0, 0.1) is 0 Å². The van der Waals surface area contributed by atoms with E-state index in [1.54, 1.807) is 19.1 Å². The van der Waals surface area contributed by atoms with Crippen molar-refractivity contribution in [2.24, 2.45) is 0 Å². The van der Waals surface area contributed by atoms with Gasteiger partial charge in [-0.2, -0.15) is 0 Å². The summed E-state index contributed by atoms with van der Waals surface area (Å²) in [5, 5.41) is 8.53. The molecule has 0 amide bonds. The Kier molecular flexibility index (Phi) is 8.57. The zero-order valence-electron chi connectivity index (χ0n) is 13.0. The molecule has 0 aliphatic carbocycles. The number of sulfonamides is 1. The number of carboxylic acid groups (broad SMARTS) is 1. The number of unbranched alkanes of at least 4 members (excludes halogenated alkanes) is 3. The average molecular weight is 408 g/mol. The second-order valence-corrected chi connectivity index (χ2v) is 7.63. The fourth-order valence-corrected chi connectivity index (χ4v) is 3.76. The van der Waals surface area contributed by atoms with Crippen molar-refractivity contribution >= 4 is 31.9 Å². The Morgan fingerprint density at radius 3 is 2.61 bits per heavy atom. The van der Waals surface area contributed by atoms with E-state index in [1.165, 1.54) is 6.07 Å². The monoisotopic (exact) mass is 407 g/mol. The Morgan fingerprint density at radius 2 is 1.96 bits per heavy atom. The van der Waals surface area contributed by atoms with Crippen LogP contribution in [0.2, 0.25) is 0 Å². The Labute approximate surface area is 145 Å². The number of halogens is 1. The lowest BCUT2D eigenvalue weighted by Crippen LogP contribution is -2.25. The van der Waals surface area contributed by atoms with Crippen LogP contribution in [0.15, 0.2) is 27.6 Å². The highest BCUT2D eigenvalue weighted by Crippen LogP contribution is 2.27. The molecular formula is C15H22BrNO5S. The van der Waals surface area contributed by atoms with Gasteiger partial charge in [0, 0.05) is 17.4 Å². The van der Waals surface area contributed by atoms with Crippen molar-refractivity contribution in [1.82, 2.24) is 4.72 Å². The molecule has 0 aromatic heterocycles. The maximum atomic E-state index is 12.4. The molecular weight excluding hydrogens is 386 g/mol. The molecule has 8 heteroatoms. The van der Waals surface area contributed by atoms with Gasteiger partial charge in [-0.05, 0) is 38.0 Å². The fraction of sp³-hybridized carbons (Fsp3) is 0.533. The number of nitrogens with one attached hydrogen (secondary N) is 1. The molecule has 0 bridgehead atoms. The average Bonchev–Trinajstić information content (AvgIpc) is 2.48. The summed E-state index contributed by atoms with van der Waals surface area (Å²) in [6.07, 6.45) is 2.99. The van der Waals surface area contributed by atoms with Crippen LogP contribution in [0.3, 0.4) is 0 Å². The highest BCUT2D eigenvalue weighted by Gasteiger charge is 2.19. The molecule has 0 fully saturated rings. The topological polar surface area (TPSA) is 92.7 Å². The molecule has 0 saturated carbocycles. The summed E-state index contributed by atoms with van der Waals surface area (Å²) in [4.78, 5) is 10.5. The maximum absolute atomic E-state index is 12.4. The molecule has 0 saturated heterocycles. The van der Waals surface area contributed by atoms with Crippen LogP contribution >= 0.6 is 15.9 Å². The SMILES string of the molecule is CCOc1ccc(Br)cc1S(=O)(=O)NCCCCCCC(=O)O. The number of hydrogen-bond donors (Lipinski definition) is 2. The zero-order chi connectivity index (χ0) is 17.3. The fourth-order valence-electron chi connectivity index (χ4n) is 2.01. The Balaban J connectivity index is 2.53. The summed E-state index contributed by atoms with van der Waals surface area (Å²) < 4.78 is 33.3. The van der Waals surface area contributed by atoms with Crippen molar-refractivity contribution in [2.45, 2.75) is 43.9 Å². The number of ether oxygens (including phenoxy) is 1. The molecule has 0 heterocycles. The van der Waals surface area contributed by atoms with E-state index < -0.39 is 16.0 Å². The van der Waals surface area contributed by atoms with Crippen molar-refractivity contribution in [2.75, 3.05) is 13.2 Å². The van der Waals surface area contributed by atoms with Crippen LogP contribution in [0.1, 0.15) is 39.0 Å². The summed E-state index contributed by atoms with van der Waals surface area (Å²) in [6.45, 7) is 2.49. The van der Waals surface area contributed by atoms with E-state index in [9.17, 15) is 13.2 Å². The van der Waals surface area contributed by atoms with Gasteiger partial charge >= 0.3 is 5.97 Å². The zero-order valence-corrected chi connectivity index (χ0v) is 15.5. The molecule has 23 heavy (non-hydrogen) atoms. The molecule has 0 aliphatic heterocycles. The lowest BCUT2D eigenvalue weighted by molar-refractivity contribution is -0.137. The van der Waals surface area contributed by atoms with E-state index >= 15 is 0 Å². The molecule has 1 aromatic carbocycles. The Hall–Kier alpha value is -1.12. The summed E-state index contributed by atoms with van der Waals surface area (Å²) >= 11 is 3.27. The molecule has 0 spiro atoms. The quantitative estimate of drug-likeness (QED) is 0.549. The molecule has 6 nitrogen and oxygen atoms in total. The molecule has 1 rings (SSSR count). The third-order valence-corrected chi connectivity index (χ3v) is 5.08. The highest BCUT2D eigenvalue weighted by molar-refractivity contribution is 9.10. The van der Waals surface area contributed by atoms with E-state index in [0.717, 1.165) is 12.8 Å². The molecule has 0 radical (unpaired) electrons. The van der Waals surface area contributed by atoms with Gasteiger partial charge in [0.1, 0.15) is 10.6 Å². The maximum Gasteiger partial charge on any atom is 0.303 e. The van der Waals surface area contributed by atoms with Gasteiger partial charge < -0.3 is 9.84 Å². The number of benzene rings is 1. The first-order valence-electron chi connectivity index (χ1n) is 7.50. The van der Waals surface area contributed by atoms with Gasteiger partial charge in [-0.25, -0.2) is 13.1 Å². The standard InChI is InChI=1S/C15H22BrNO5S/c1-2-22-13-9-8-12(16)11-14(13)23(20,21)17-10-6-4-3-5-7-15(18)19/h8-9,11,17H,2-7,10H2,1H3,(H,18,19). The van der Waals surface area contributed by atoms with E-state index in [-0.39, 0.29) is 11.3 Å². The third-order valence-electron chi connectivity index (χ3n) is 3.10. The molecule has 0 atom stereocenters. The smallest absolute Gasteiger partial charge is 0.303 e. The highest BCUT2D eigenvalue weighted by atomic mass is 79.9. The summed E-state index contributed by atoms with van der Waals surface area (Å²) in [7, 11) is -3.64. The Morgan fingerprint density at radius 1 is 1.26 bits per heavy atom. The normalized spacial score (nSPS) is 11.4. The predicted molar refractivity (Wildman–Crippen MR) is 91.2 cm³/mol. The molecule has 2 N–H and O–H groups in total. The second-order valence-electron chi connectivity index (χ2n) is 4.98. The van der Waals surface area contributed by atoms with E-state index in [2.05, 4.69) is 20.7 Å². The van der Waals surface area contributed by atoms with E-state index in [4.69, 9.17) is 9.84 Å². The summed E-state index contributed by atoms with van der Waals surface area (Å²) in [6, 6.07) is 4.86. The minimum atomic E-state index is -3.64. The van der Waals surface area contributed by atoms with Gasteiger partial charge in [-0.3, -0.25) is 4.79 Å². The first-order chi connectivity index (χ1) is 10.9. The minimum Gasteiger partial charge on any atom is -0.492 e. The molecule has 0 aliphatic rings. The third kappa shape index (κ3) is 7.32. The first-order valence-corrected chi connectivity index (χ1v) is 9.78. The van der Waals surface area contributed by atoms with Gasteiger partial charge in [0.15, 0.2) is 0 Å². The van der Waals surface area contributed by atoms with Crippen molar-refractivity contribution in [3.05, 3.63) is 22.7 Å². The molecule has 130 valence electrons. The van der Waals surface area contributed by atoms with Gasteiger partial charge in [-0.1, -0.05) is 28.8 Å². The second kappa shape index (κ2) is 9.89. The van der Waals surface area contributed by atoms with Gasteiger partial charge in [0.25, 0.3) is 0 Å². The first kappa shape index (κ1) is 19.9. The van der Waals surface area contributed by atoms with Crippen LogP contribution in [0.5, 0.6) is 5.75 Å². The van der Waals surface area contributed by atoms with Crippen LogP contribution in [-0.4, -0.2) is 32.6 Å². The summed E-state index contributed by atoms with van der Waals surface area (Å²) in [5.41, 5.74) is 0. The molecule has 1 aromatic rings. The van der Waals surface area contributed by atoms with Gasteiger partial charge in [0.05, 0.1) is 6.61 Å². The van der Waals surface area contributed by atoms with Gasteiger partial charge in [0.2, 0.25) is 10.0 Å². The van der Waals surface area contributed by atoms with E-state index in [1.807, 2.05) is 0 Å². The van der Waals surface area contributed by atoms with Crippen LogP contribution in [-0.2, 0) is 14.8 Å². The summed E-state index contributed by atoms with van der Waals surface area (Å²) in [5.74, 6) is -0.478. The number of carbonyl (C=O) groups is 1. The van der Waals surface area contributed by atoms with Crippen LogP contribution in [0.4, 0.5) is 0 Å². The van der Waals surface area contributed by atoms with Crippen LogP contribution in [0.25, 0.3) is 0 Å². The van der Waals surface area contributed by atoms with Crippen molar-refractivity contribution < 1.29 is 23.1 Å². The minimum absolute atomic E-state index is 0.111. The molecule has 0 unspecified atom stereocenters. The Bertz CT molecular complexity index is 618. The number of hydrogen-bond acceptors (Lipinski definition) is 4. The van der Waals surface area contributed by atoms with Gasteiger partial charge in [-0.15, -0.1) is 0 Å². The lowest BCUT2D eigenvalue weighted by Gasteiger charge is -2.12. The number of aliphatic carboxylic acids is 1. The number of carboxylic acids is 1. The van der Waals surface area contributed by atoms with Crippen LogP contribution < -0.4 is 9.46 Å².